The van der Waals surface area contributed by atoms with E-state index < -0.39 is 0 Å². The predicted octanol–water partition coefficient (Wildman–Crippen LogP) is 1.18. The van der Waals surface area contributed by atoms with E-state index in [0.717, 1.165) is 25.1 Å². The van der Waals surface area contributed by atoms with E-state index in [0.29, 0.717) is 19.6 Å². The third kappa shape index (κ3) is 7.48. The lowest BCUT2D eigenvalue weighted by molar-refractivity contribution is -0.136. The van der Waals surface area contributed by atoms with Gasteiger partial charge in [0.25, 0.3) is 0 Å². The highest BCUT2D eigenvalue weighted by Gasteiger charge is 2.27. The molecule has 1 aliphatic rings. The molecule has 1 aromatic carbocycles. The van der Waals surface area contributed by atoms with Gasteiger partial charge in [0, 0.05) is 52.5 Å². The summed E-state index contributed by atoms with van der Waals surface area (Å²) in [7, 11) is 0. The fraction of sp³-hybridized carbons (Fsp3) is 0.550. The van der Waals surface area contributed by atoms with Gasteiger partial charge in [-0.3, -0.25) is 14.4 Å². The van der Waals surface area contributed by atoms with E-state index in [1.165, 1.54) is 12.5 Å². The molecule has 0 aromatic heterocycles. The zero-order valence-corrected chi connectivity index (χ0v) is 17.4. The molecule has 1 saturated heterocycles. The molecule has 0 spiro atoms. The van der Waals surface area contributed by atoms with Gasteiger partial charge in [-0.1, -0.05) is 31.2 Å². The molecule has 0 aliphatic carbocycles. The number of piperazine rings is 1. The van der Waals surface area contributed by atoms with Gasteiger partial charge in [0.15, 0.2) is 0 Å². The van der Waals surface area contributed by atoms with Crippen LogP contribution in [0.15, 0.2) is 24.3 Å². The van der Waals surface area contributed by atoms with Gasteiger partial charge in [-0.25, -0.2) is 0 Å². The second kappa shape index (κ2) is 12.4. The summed E-state index contributed by atoms with van der Waals surface area (Å²) >= 11 is 0. The van der Waals surface area contributed by atoms with Gasteiger partial charge in [-0.15, -0.1) is 12.4 Å². The molecule has 1 fully saturated rings. The van der Waals surface area contributed by atoms with Crippen LogP contribution >= 0.6 is 12.4 Å². The van der Waals surface area contributed by atoms with Crippen molar-refractivity contribution in [1.82, 2.24) is 20.9 Å². The van der Waals surface area contributed by atoms with Crippen LogP contribution < -0.4 is 16.0 Å². The Hall–Kier alpha value is -2.12. The maximum Gasteiger partial charge on any atom is 0.223 e. The Kier molecular flexibility index (Phi) is 10.6. The summed E-state index contributed by atoms with van der Waals surface area (Å²) < 4.78 is 0. The fourth-order valence-electron chi connectivity index (χ4n) is 3.17. The van der Waals surface area contributed by atoms with Gasteiger partial charge in [0.1, 0.15) is 0 Å². The first-order valence-corrected chi connectivity index (χ1v) is 9.61. The summed E-state index contributed by atoms with van der Waals surface area (Å²) in [6, 6.07) is 8.39. The lowest BCUT2D eigenvalue weighted by Gasteiger charge is -2.36. The molecule has 0 bridgehead atoms. The Labute approximate surface area is 173 Å². The van der Waals surface area contributed by atoms with Crippen molar-refractivity contribution in [3.63, 3.8) is 0 Å². The van der Waals surface area contributed by atoms with Crippen LogP contribution in [-0.2, 0) is 20.8 Å². The first-order valence-electron chi connectivity index (χ1n) is 9.61. The highest BCUT2D eigenvalue weighted by Crippen LogP contribution is 2.23. The zero-order valence-electron chi connectivity index (χ0n) is 16.6. The number of amides is 3. The maximum absolute atomic E-state index is 12.7. The number of aryl methyl sites for hydroxylation is 1. The average molecular weight is 411 g/mol. The summed E-state index contributed by atoms with van der Waals surface area (Å²) in [4.78, 5) is 37.2. The third-order valence-electron chi connectivity index (χ3n) is 4.72. The van der Waals surface area contributed by atoms with Crippen LogP contribution in [0.5, 0.6) is 0 Å². The lowest BCUT2D eigenvalue weighted by Crippen LogP contribution is -2.48. The van der Waals surface area contributed by atoms with Gasteiger partial charge in [-0.2, -0.15) is 0 Å². The Bertz CT molecular complexity index is 651. The highest BCUT2D eigenvalue weighted by molar-refractivity contribution is 5.85. The summed E-state index contributed by atoms with van der Waals surface area (Å²) in [6.07, 6.45) is 1.34. The molecule has 7 nitrogen and oxygen atoms in total. The van der Waals surface area contributed by atoms with Crippen LogP contribution in [0.25, 0.3) is 0 Å². The number of nitrogens with zero attached hydrogens (tertiary/aromatic N) is 1. The molecule has 8 heteroatoms. The van der Waals surface area contributed by atoms with Crippen LogP contribution in [0.3, 0.4) is 0 Å². The van der Waals surface area contributed by atoms with Gasteiger partial charge in [0.2, 0.25) is 17.7 Å². The SMILES string of the molecule is CCc1ccc(C2CNCCN2C(=O)CCC(=O)NCCNC(C)=O)cc1.Cl. The Balaban J connectivity index is 0.00000392. The maximum atomic E-state index is 12.7. The first-order chi connectivity index (χ1) is 13.0. The van der Waals surface area contributed by atoms with Crippen molar-refractivity contribution in [3.05, 3.63) is 35.4 Å². The minimum Gasteiger partial charge on any atom is -0.355 e. The normalized spacial score (nSPS) is 16.1. The number of benzene rings is 1. The first kappa shape index (κ1) is 23.9. The summed E-state index contributed by atoms with van der Waals surface area (Å²) in [5.74, 6) is -0.304. The molecule has 1 heterocycles. The smallest absolute Gasteiger partial charge is 0.223 e. The Morgan fingerprint density at radius 1 is 1.11 bits per heavy atom. The molecule has 0 saturated carbocycles. The number of nitrogens with one attached hydrogen (secondary N) is 3. The van der Waals surface area contributed by atoms with E-state index in [2.05, 4.69) is 47.1 Å². The molecular formula is C20H31ClN4O3. The number of carbonyl (C=O) groups is 3. The van der Waals surface area contributed by atoms with Crippen molar-refractivity contribution in [3.8, 4) is 0 Å². The molecule has 1 aromatic rings. The minimum absolute atomic E-state index is 0. The van der Waals surface area contributed by atoms with Crippen LogP contribution in [0, 0.1) is 0 Å². The number of hydrogen-bond donors (Lipinski definition) is 3. The minimum atomic E-state index is -0.173. The quantitative estimate of drug-likeness (QED) is 0.561. The second-order valence-electron chi connectivity index (χ2n) is 6.74. The van der Waals surface area contributed by atoms with Crippen molar-refractivity contribution < 1.29 is 14.4 Å². The van der Waals surface area contributed by atoms with E-state index in [1.807, 2.05) is 4.90 Å². The van der Waals surface area contributed by atoms with Gasteiger partial charge < -0.3 is 20.9 Å². The fourth-order valence-corrected chi connectivity index (χ4v) is 3.17. The molecule has 156 valence electrons. The summed E-state index contributed by atoms with van der Waals surface area (Å²) in [5.41, 5.74) is 2.39. The van der Waals surface area contributed by atoms with E-state index in [-0.39, 0.29) is 49.0 Å². The van der Waals surface area contributed by atoms with Crippen molar-refractivity contribution >= 4 is 30.1 Å². The molecule has 1 unspecified atom stereocenters. The van der Waals surface area contributed by atoms with Crippen molar-refractivity contribution in [2.45, 2.75) is 39.2 Å². The molecule has 0 radical (unpaired) electrons. The lowest BCUT2D eigenvalue weighted by atomic mass is 10.0. The second-order valence-corrected chi connectivity index (χ2v) is 6.74. The Morgan fingerprint density at radius 2 is 1.79 bits per heavy atom. The number of hydrogen-bond acceptors (Lipinski definition) is 4. The monoisotopic (exact) mass is 410 g/mol. The topological polar surface area (TPSA) is 90.5 Å². The molecule has 1 aliphatic heterocycles. The van der Waals surface area contributed by atoms with E-state index in [4.69, 9.17) is 0 Å². The molecule has 3 amide bonds. The Morgan fingerprint density at radius 3 is 2.43 bits per heavy atom. The van der Waals surface area contributed by atoms with E-state index >= 15 is 0 Å². The number of carbonyl (C=O) groups excluding carboxylic acids is 3. The third-order valence-corrected chi connectivity index (χ3v) is 4.72. The summed E-state index contributed by atoms with van der Waals surface area (Å²) in [5, 5.41) is 8.68. The largest absolute Gasteiger partial charge is 0.355 e. The van der Waals surface area contributed by atoms with Crippen LogP contribution in [0.1, 0.15) is 43.9 Å². The van der Waals surface area contributed by atoms with Crippen LogP contribution in [0.4, 0.5) is 0 Å². The molecule has 1 atom stereocenters. The molecule has 3 N–H and O–H groups in total. The molecule has 28 heavy (non-hydrogen) atoms. The van der Waals surface area contributed by atoms with E-state index in [9.17, 15) is 14.4 Å². The molecule has 2 rings (SSSR count). The van der Waals surface area contributed by atoms with Crippen molar-refractivity contribution in [1.29, 1.82) is 0 Å². The van der Waals surface area contributed by atoms with Crippen LogP contribution in [0.2, 0.25) is 0 Å². The van der Waals surface area contributed by atoms with Gasteiger partial charge in [0.05, 0.1) is 6.04 Å². The van der Waals surface area contributed by atoms with E-state index in [1.54, 1.807) is 0 Å². The molecular weight excluding hydrogens is 380 g/mol. The summed E-state index contributed by atoms with van der Waals surface area (Å²) in [6.45, 7) is 6.44. The van der Waals surface area contributed by atoms with Crippen molar-refractivity contribution in [2.24, 2.45) is 0 Å². The number of halogens is 1. The van der Waals surface area contributed by atoms with Crippen molar-refractivity contribution in [2.75, 3.05) is 32.7 Å². The van der Waals surface area contributed by atoms with Gasteiger partial charge in [-0.05, 0) is 17.5 Å². The highest BCUT2D eigenvalue weighted by atomic mass is 35.5. The predicted molar refractivity (Wildman–Crippen MR) is 111 cm³/mol. The zero-order chi connectivity index (χ0) is 19.6. The standard InChI is InChI=1S/C20H30N4O3.ClH/c1-3-16-4-6-17(7-5-16)18-14-21-12-13-24(18)20(27)9-8-19(26)23-11-10-22-15(2)25;/h4-7,18,21H,3,8-14H2,1-2H3,(H,22,25)(H,23,26);1H. The van der Waals surface area contributed by atoms with Gasteiger partial charge >= 0.3 is 0 Å². The average Bonchev–Trinajstić information content (AvgIpc) is 2.69. The van der Waals surface area contributed by atoms with Crippen LogP contribution in [-0.4, -0.2) is 55.3 Å². The number of rotatable bonds is 8.